The largest absolute Gasteiger partial charge is 0.372 e. The van der Waals surface area contributed by atoms with Gasteiger partial charge in [-0.1, -0.05) is 48.5 Å². The first kappa shape index (κ1) is 16.7. The van der Waals surface area contributed by atoms with Gasteiger partial charge in [-0.15, -0.1) is 0 Å². The van der Waals surface area contributed by atoms with Crippen LogP contribution in [0.2, 0.25) is 0 Å². The lowest BCUT2D eigenvalue weighted by Crippen LogP contribution is -2.38. The third-order valence-electron chi connectivity index (χ3n) is 3.92. The second-order valence-electron chi connectivity index (χ2n) is 5.42. The van der Waals surface area contributed by atoms with Crippen LogP contribution in [0.25, 0.3) is 0 Å². The van der Waals surface area contributed by atoms with Crippen LogP contribution in [0.4, 0.5) is 0 Å². The molecule has 4 heteroatoms. The van der Waals surface area contributed by atoms with Crippen molar-refractivity contribution in [2.24, 2.45) is 5.73 Å². The molecule has 23 heavy (non-hydrogen) atoms. The SMILES string of the molecule is NC=O.O=C1c2ccccc2CCN1CCCc1ccccc1. The number of carbonyl (C=O) groups is 2. The quantitative estimate of drug-likeness (QED) is 0.882. The Morgan fingerprint density at radius 2 is 1.70 bits per heavy atom. The molecular weight excluding hydrogens is 288 g/mol. The summed E-state index contributed by atoms with van der Waals surface area (Å²) in [5.74, 6) is 0.194. The molecule has 0 saturated carbocycles. The monoisotopic (exact) mass is 310 g/mol. The molecule has 2 N–H and O–H groups in total. The van der Waals surface area contributed by atoms with E-state index in [9.17, 15) is 4.79 Å². The predicted octanol–water partition coefficient (Wildman–Crippen LogP) is 2.42. The lowest BCUT2D eigenvalue weighted by molar-refractivity contribution is -0.106. The van der Waals surface area contributed by atoms with Gasteiger partial charge in [-0.2, -0.15) is 0 Å². The Morgan fingerprint density at radius 3 is 2.43 bits per heavy atom. The lowest BCUT2D eigenvalue weighted by atomic mass is 9.99. The Kier molecular flexibility index (Phi) is 6.36. The van der Waals surface area contributed by atoms with Crippen LogP contribution in [0.5, 0.6) is 0 Å². The van der Waals surface area contributed by atoms with Crippen molar-refractivity contribution in [1.82, 2.24) is 4.90 Å². The minimum atomic E-state index is 0.194. The summed E-state index contributed by atoms with van der Waals surface area (Å²) in [5, 5.41) is 0. The molecule has 0 unspecified atom stereocenters. The standard InChI is InChI=1S/C18H19NO.CH3NO/c20-18-17-11-5-4-10-16(17)12-14-19(18)13-6-9-15-7-2-1-3-8-15;2-1-3/h1-5,7-8,10-11H,6,9,12-14H2;1H,(H2,2,3). The number of hydrogen-bond donors (Lipinski definition) is 1. The molecule has 2 aromatic carbocycles. The first-order valence-corrected chi connectivity index (χ1v) is 7.82. The van der Waals surface area contributed by atoms with Crippen molar-refractivity contribution in [2.75, 3.05) is 13.1 Å². The second-order valence-corrected chi connectivity index (χ2v) is 5.42. The fraction of sp³-hybridized carbons (Fsp3) is 0.263. The summed E-state index contributed by atoms with van der Waals surface area (Å²) in [6.45, 7) is 1.70. The predicted molar refractivity (Wildman–Crippen MR) is 91.1 cm³/mol. The number of hydrogen-bond acceptors (Lipinski definition) is 2. The van der Waals surface area contributed by atoms with Crippen molar-refractivity contribution in [1.29, 1.82) is 0 Å². The molecule has 0 radical (unpaired) electrons. The zero-order chi connectivity index (χ0) is 16.5. The molecule has 0 bridgehead atoms. The highest BCUT2D eigenvalue weighted by Crippen LogP contribution is 2.18. The average molecular weight is 310 g/mol. The third-order valence-corrected chi connectivity index (χ3v) is 3.92. The third kappa shape index (κ3) is 4.68. The van der Waals surface area contributed by atoms with Gasteiger partial charge >= 0.3 is 0 Å². The van der Waals surface area contributed by atoms with Gasteiger partial charge in [-0.3, -0.25) is 9.59 Å². The number of primary amides is 1. The van der Waals surface area contributed by atoms with Gasteiger partial charge in [0.25, 0.3) is 5.91 Å². The number of nitrogens with zero attached hydrogens (tertiary/aromatic N) is 1. The normalized spacial score (nSPS) is 12.9. The average Bonchev–Trinajstić information content (AvgIpc) is 2.59. The van der Waals surface area contributed by atoms with Crippen molar-refractivity contribution in [2.45, 2.75) is 19.3 Å². The number of nitrogens with two attached hydrogens (primary N) is 1. The van der Waals surface area contributed by atoms with Gasteiger partial charge in [-0.25, -0.2) is 0 Å². The molecule has 2 aromatic rings. The van der Waals surface area contributed by atoms with Gasteiger partial charge in [0, 0.05) is 18.7 Å². The summed E-state index contributed by atoms with van der Waals surface area (Å²) in [6.07, 6.45) is 3.29. The molecular formula is C19H22N2O2. The molecule has 4 nitrogen and oxygen atoms in total. The summed E-state index contributed by atoms with van der Waals surface area (Å²) >= 11 is 0. The molecule has 1 aliphatic heterocycles. The summed E-state index contributed by atoms with van der Waals surface area (Å²) in [4.78, 5) is 23.0. The maximum atomic E-state index is 12.4. The van der Waals surface area contributed by atoms with Gasteiger partial charge in [-0.05, 0) is 36.5 Å². The zero-order valence-corrected chi connectivity index (χ0v) is 13.2. The number of rotatable bonds is 4. The Bertz CT molecular complexity index is 641. The zero-order valence-electron chi connectivity index (χ0n) is 13.2. The molecule has 0 aromatic heterocycles. The Morgan fingerprint density at radius 1 is 1.04 bits per heavy atom. The lowest BCUT2D eigenvalue weighted by Gasteiger charge is -2.28. The highest BCUT2D eigenvalue weighted by Gasteiger charge is 2.22. The van der Waals surface area contributed by atoms with Crippen LogP contribution in [-0.4, -0.2) is 30.3 Å². The molecule has 120 valence electrons. The van der Waals surface area contributed by atoms with E-state index in [1.807, 2.05) is 29.2 Å². The van der Waals surface area contributed by atoms with E-state index in [1.165, 1.54) is 11.1 Å². The van der Waals surface area contributed by atoms with Gasteiger partial charge in [0.2, 0.25) is 6.41 Å². The van der Waals surface area contributed by atoms with Crippen LogP contribution in [0.1, 0.15) is 27.9 Å². The Hall–Kier alpha value is -2.62. The van der Waals surface area contributed by atoms with E-state index >= 15 is 0 Å². The van der Waals surface area contributed by atoms with Crippen LogP contribution >= 0.6 is 0 Å². The van der Waals surface area contributed by atoms with Crippen molar-refractivity contribution < 1.29 is 9.59 Å². The molecule has 3 rings (SSSR count). The fourth-order valence-corrected chi connectivity index (χ4v) is 2.81. The van der Waals surface area contributed by atoms with Gasteiger partial charge in [0.15, 0.2) is 0 Å². The van der Waals surface area contributed by atoms with E-state index in [4.69, 9.17) is 4.79 Å². The van der Waals surface area contributed by atoms with Crippen molar-refractivity contribution >= 4 is 12.3 Å². The maximum absolute atomic E-state index is 12.4. The molecule has 0 saturated heterocycles. The minimum absolute atomic E-state index is 0.194. The Labute approximate surface area is 136 Å². The van der Waals surface area contributed by atoms with E-state index in [0.717, 1.165) is 37.9 Å². The summed E-state index contributed by atoms with van der Waals surface area (Å²) in [6, 6.07) is 18.4. The number of benzene rings is 2. The highest BCUT2D eigenvalue weighted by molar-refractivity contribution is 5.96. The van der Waals surface area contributed by atoms with Crippen molar-refractivity contribution in [3.8, 4) is 0 Å². The second kappa shape index (κ2) is 8.73. The van der Waals surface area contributed by atoms with Crippen LogP contribution < -0.4 is 5.73 Å². The van der Waals surface area contributed by atoms with Crippen molar-refractivity contribution in [3.05, 3.63) is 71.3 Å². The van der Waals surface area contributed by atoms with Crippen molar-refractivity contribution in [3.63, 3.8) is 0 Å². The molecule has 1 aliphatic rings. The van der Waals surface area contributed by atoms with Gasteiger partial charge < -0.3 is 10.6 Å². The van der Waals surface area contributed by atoms with Gasteiger partial charge in [0.05, 0.1) is 0 Å². The number of carbonyl (C=O) groups excluding carboxylic acids is 2. The first-order chi connectivity index (χ1) is 11.3. The number of amides is 2. The highest BCUT2D eigenvalue weighted by atomic mass is 16.2. The topological polar surface area (TPSA) is 63.4 Å². The summed E-state index contributed by atoms with van der Waals surface area (Å²) in [7, 11) is 0. The minimum Gasteiger partial charge on any atom is -0.372 e. The summed E-state index contributed by atoms with van der Waals surface area (Å²) < 4.78 is 0. The van der Waals surface area contributed by atoms with Crippen LogP contribution in [0.3, 0.4) is 0 Å². The maximum Gasteiger partial charge on any atom is 0.254 e. The molecule has 2 amide bonds. The molecule has 0 atom stereocenters. The van der Waals surface area contributed by atoms with Crippen LogP contribution in [0, 0.1) is 0 Å². The molecule has 1 heterocycles. The van der Waals surface area contributed by atoms with Crippen LogP contribution in [0.15, 0.2) is 54.6 Å². The van der Waals surface area contributed by atoms with Crippen LogP contribution in [-0.2, 0) is 17.6 Å². The smallest absolute Gasteiger partial charge is 0.254 e. The fourth-order valence-electron chi connectivity index (χ4n) is 2.81. The summed E-state index contributed by atoms with van der Waals surface area (Å²) in [5.41, 5.74) is 7.59. The number of aryl methyl sites for hydroxylation is 1. The van der Waals surface area contributed by atoms with E-state index in [2.05, 4.69) is 36.1 Å². The van der Waals surface area contributed by atoms with Gasteiger partial charge in [0.1, 0.15) is 0 Å². The Balaban J connectivity index is 0.000000595. The molecule has 0 spiro atoms. The molecule has 0 fully saturated rings. The van der Waals surface area contributed by atoms with E-state index < -0.39 is 0 Å². The first-order valence-electron chi connectivity index (χ1n) is 7.82. The van der Waals surface area contributed by atoms with E-state index in [-0.39, 0.29) is 12.3 Å². The molecule has 0 aliphatic carbocycles. The number of fused-ring (bicyclic) bond motifs is 1. The van der Waals surface area contributed by atoms with E-state index in [1.54, 1.807) is 0 Å². The van der Waals surface area contributed by atoms with E-state index in [0.29, 0.717) is 0 Å².